The molecule has 4 rings (SSSR count). The minimum atomic E-state index is -2.54. The van der Waals surface area contributed by atoms with Crippen LogP contribution in [0.1, 0.15) is 36.9 Å². The summed E-state index contributed by atoms with van der Waals surface area (Å²) in [5.74, 6) is 1.81. The van der Waals surface area contributed by atoms with Gasteiger partial charge in [0.15, 0.2) is 5.82 Å². The van der Waals surface area contributed by atoms with Crippen LogP contribution in [0.3, 0.4) is 0 Å². The quantitative estimate of drug-likeness (QED) is 0.628. The van der Waals surface area contributed by atoms with E-state index in [1.807, 2.05) is 24.2 Å². The number of hydrogen-bond donors (Lipinski definition) is 0. The Hall–Kier alpha value is -3.36. The van der Waals surface area contributed by atoms with E-state index in [0.717, 1.165) is 17.1 Å². The van der Waals surface area contributed by atoms with E-state index in [2.05, 4.69) is 26.4 Å². The molecule has 0 atom stereocenters. The highest BCUT2D eigenvalue weighted by molar-refractivity contribution is 5.81. The fraction of sp³-hybridized carbons (Fsp3) is 0.364. The maximum absolute atomic E-state index is 12.8. The molecule has 0 amide bonds. The second kappa shape index (κ2) is 9.20. The van der Waals surface area contributed by atoms with Crippen LogP contribution in [-0.2, 0) is 0 Å². The van der Waals surface area contributed by atoms with Crippen molar-refractivity contribution in [1.29, 1.82) is 0 Å². The molecule has 1 saturated carbocycles. The molecule has 1 aliphatic carbocycles. The first kappa shape index (κ1) is 20.9. The zero-order chi connectivity index (χ0) is 21.8. The monoisotopic (exact) mass is 426 g/mol. The third kappa shape index (κ3) is 5.22. The number of pyridine rings is 1. The summed E-state index contributed by atoms with van der Waals surface area (Å²) in [6.07, 6.45) is 7.65. The number of likely N-dealkylation sites (N-methyl/N-ethyl adjacent to an activating group) is 1. The Morgan fingerprint density at radius 1 is 1.23 bits per heavy atom. The number of hydrazone groups is 1. The highest BCUT2D eigenvalue weighted by Gasteiger charge is 2.20. The lowest BCUT2D eigenvalue weighted by Crippen LogP contribution is -2.23. The number of anilines is 1. The Kier molecular flexibility index (Phi) is 6.20. The van der Waals surface area contributed by atoms with Crippen molar-refractivity contribution in [3.05, 3.63) is 59.7 Å². The first-order chi connectivity index (χ1) is 15.0. The van der Waals surface area contributed by atoms with Gasteiger partial charge >= 0.3 is 0 Å². The van der Waals surface area contributed by atoms with Crippen molar-refractivity contribution < 1.29 is 13.5 Å². The van der Waals surface area contributed by atoms with Crippen molar-refractivity contribution in [2.75, 3.05) is 25.6 Å². The summed E-state index contributed by atoms with van der Waals surface area (Å²) in [7, 11) is 3.74. The van der Waals surface area contributed by atoms with Crippen molar-refractivity contribution >= 4 is 17.6 Å². The van der Waals surface area contributed by atoms with Gasteiger partial charge in [-0.3, -0.25) is 9.99 Å². The van der Waals surface area contributed by atoms with Crippen LogP contribution in [0.5, 0.6) is 5.88 Å². The van der Waals surface area contributed by atoms with Gasteiger partial charge in [-0.1, -0.05) is 6.08 Å². The maximum atomic E-state index is 12.8. The lowest BCUT2D eigenvalue weighted by molar-refractivity contribution is 0.151. The van der Waals surface area contributed by atoms with Gasteiger partial charge in [0, 0.05) is 56.3 Å². The average Bonchev–Trinajstić information content (AvgIpc) is 3.61. The van der Waals surface area contributed by atoms with Crippen LogP contribution in [0.2, 0.25) is 0 Å². The smallest absolute Gasteiger partial charge is 0.265 e. The Morgan fingerprint density at radius 3 is 2.71 bits per heavy atom. The summed E-state index contributed by atoms with van der Waals surface area (Å²) in [6, 6.07) is 6.61. The number of hydrogen-bond acceptors (Lipinski definition) is 7. The predicted molar refractivity (Wildman–Crippen MR) is 115 cm³/mol. The minimum absolute atomic E-state index is 0.104. The summed E-state index contributed by atoms with van der Waals surface area (Å²) >= 11 is 0. The molecule has 0 saturated heterocycles. The van der Waals surface area contributed by atoms with Gasteiger partial charge in [-0.05, 0) is 37.0 Å². The predicted octanol–water partition coefficient (Wildman–Crippen LogP) is 4.28. The van der Waals surface area contributed by atoms with Crippen LogP contribution >= 0.6 is 0 Å². The van der Waals surface area contributed by atoms with Crippen LogP contribution in [0.15, 0.2) is 53.5 Å². The summed E-state index contributed by atoms with van der Waals surface area (Å²) in [6.45, 7) is 0.201. The second-order valence-corrected chi connectivity index (χ2v) is 7.54. The fourth-order valence-corrected chi connectivity index (χ4v) is 3.12. The first-order valence-electron chi connectivity index (χ1n) is 10.1. The van der Waals surface area contributed by atoms with E-state index in [1.165, 1.54) is 25.1 Å². The lowest BCUT2D eigenvalue weighted by Gasteiger charge is -2.24. The standard InChI is InChI=1S/C22H24F2N6O/c1-29(12-10-15-3-4-15)20-7-8-21(28-27-20)31-14-19-17(9-11-26-30(19)2)18-6-5-16(13-25-18)22(23)24/h5-8,10-13,15,22H,3-4,9,14H2,1-2H3/b12-10-. The highest BCUT2D eigenvalue weighted by Crippen LogP contribution is 2.30. The van der Waals surface area contributed by atoms with Crippen LogP contribution in [0.25, 0.3) is 5.57 Å². The van der Waals surface area contributed by atoms with Crippen LogP contribution in [0, 0.1) is 5.92 Å². The molecule has 0 bridgehead atoms. The van der Waals surface area contributed by atoms with Crippen molar-refractivity contribution in [2.45, 2.75) is 25.7 Å². The molecule has 2 aromatic heterocycles. The van der Waals surface area contributed by atoms with E-state index < -0.39 is 6.43 Å². The molecule has 0 aromatic carbocycles. The molecule has 0 unspecified atom stereocenters. The molecule has 1 fully saturated rings. The van der Waals surface area contributed by atoms with Crippen molar-refractivity contribution in [2.24, 2.45) is 11.0 Å². The Bertz CT molecular complexity index is 984. The zero-order valence-corrected chi connectivity index (χ0v) is 17.4. The largest absolute Gasteiger partial charge is 0.470 e. The van der Waals surface area contributed by atoms with Gasteiger partial charge in [0.2, 0.25) is 5.88 Å². The summed E-state index contributed by atoms with van der Waals surface area (Å²) in [5, 5.41) is 14.4. The molecule has 0 N–H and O–H groups in total. The molecular weight excluding hydrogens is 402 g/mol. The molecule has 0 radical (unpaired) electrons. The molecular formula is C22H24F2N6O. The van der Waals surface area contributed by atoms with E-state index >= 15 is 0 Å². The van der Waals surface area contributed by atoms with Gasteiger partial charge in [0.25, 0.3) is 6.43 Å². The van der Waals surface area contributed by atoms with Crippen LogP contribution in [0.4, 0.5) is 14.6 Å². The zero-order valence-electron chi connectivity index (χ0n) is 17.4. The normalized spacial score (nSPS) is 16.5. The van der Waals surface area contributed by atoms with Crippen molar-refractivity contribution in [1.82, 2.24) is 20.2 Å². The van der Waals surface area contributed by atoms with Gasteiger partial charge in [0.1, 0.15) is 6.61 Å². The number of halogens is 2. The molecule has 9 heteroatoms. The number of allylic oxidation sites excluding steroid dienone is 2. The van der Waals surface area contributed by atoms with E-state index in [0.29, 0.717) is 23.9 Å². The SMILES string of the molecule is CN1N=CCC(c2ccc(C(F)F)cn2)=C1COc1ccc(N(C)/C=C\C2CC2)nn1. The topological polar surface area (TPSA) is 66.7 Å². The van der Waals surface area contributed by atoms with Gasteiger partial charge < -0.3 is 9.64 Å². The third-order valence-corrected chi connectivity index (χ3v) is 5.18. The number of ether oxygens (including phenoxy) is 1. The summed E-state index contributed by atoms with van der Waals surface area (Å²) in [5.41, 5.74) is 2.17. The van der Waals surface area contributed by atoms with Gasteiger partial charge in [0.05, 0.1) is 11.4 Å². The van der Waals surface area contributed by atoms with E-state index in [-0.39, 0.29) is 12.2 Å². The van der Waals surface area contributed by atoms with Crippen molar-refractivity contribution in [3.8, 4) is 5.88 Å². The molecule has 2 aliphatic rings. The molecule has 2 aromatic rings. The van der Waals surface area contributed by atoms with Gasteiger partial charge in [-0.2, -0.15) is 5.10 Å². The van der Waals surface area contributed by atoms with Crippen LogP contribution in [-0.4, -0.2) is 47.1 Å². The Morgan fingerprint density at radius 2 is 2.06 bits per heavy atom. The number of alkyl halides is 2. The summed E-state index contributed by atoms with van der Waals surface area (Å²) < 4.78 is 31.5. The van der Waals surface area contributed by atoms with Crippen LogP contribution < -0.4 is 9.64 Å². The molecule has 7 nitrogen and oxygen atoms in total. The minimum Gasteiger partial charge on any atom is -0.470 e. The number of aromatic nitrogens is 3. The maximum Gasteiger partial charge on any atom is 0.265 e. The molecule has 1 aliphatic heterocycles. The molecule has 0 spiro atoms. The molecule has 31 heavy (non-hydrogen) atoms. The Balaban J connectivity index is 1.45. The average molecular weight is 426 g/mol. The summed E-state index contributed by atoms with van der Waals surface area (Å²) in [4.78, 5) is 6.13. The number of nitrogens with zero attached hydrogens (tertiary/aromatic N) is 6. The third-order valence-electron chi connectivity index (χ3n) is 5.18. The fourth-order valence-electron chi connectivity index (χ4n) is 3.12. The van der Waals surface area contributed by atoms with Crippen molar-refractivity contribution in [3.63, 3.8) is 0 Å². The van der Waals surface area contributed by atoms with E-state index in [9.17, 15) is 8.78 Å². The molecule has 162 valence electrons. The molecule has 3 heterocycles. The Labute approximate surface area is 179 Å². The van der Waals surface area contributed by atoms with E-state index in [4.69, 9.17) is 4.74 Å². The number of rotatable bonds is 8. The highest BCUT2D eigenvalue weighted by atomic mass is 19.3. The second-order valence-electron chi connectivity index (χ2n) is 7.54. The first-order valence-corrected chi connectivity index (χ1v) is 10.1. The van der Waals surface area contributed by atoms with Gasteiger partial charge in [-0.15, -0.1) is 10.2 Å². The lowest BCUT2D eigenvalue weighted by atomic mass is 10.0. The van der Waals surface area contributed by atoms with E-state index in [1.54, 1.807) is 30.4 Å². The van der Waals surface area contributed by atoms with Gasteiger partial charge in [-0.25, -0.2) is 8.78 Å².